The third kappa shape index (κ3) is 3.81. The first kappa shape index (κ1) is 24.4. The van der Waals surface area contributed by atoms with Gasteiger partial charge in [0.25, 0.3) is 10.0 Å². The summed E-state index contributed by atoms with van der Waals surface area (Å²) in [7, 11) is -13.4. The van der Waals surface area contributed by atoms with Crippen molar-refractivity contribution in [1.82, 2.24) is 4.31 Å². The predicted octanol–water partition coefficient (Wildman–Crippen LogP) is 3.17. The maximum absolute atomic E-state index is 14.0. The number of halogens is 6. The lowest BCUT2D eigenvalue weighted by Gasteiger charge is -2.41. The van der Waals surface area contributed by atoms with Gasteiger partial charge in [0.1, 0.15) is 0 Å². The summed E-state index contributed by atoms with van der Waals surface area (Å²) in [6, 6.07) is 0. The van der Waals surface area contributed by atoms with Gasteiger partial charge in [-0.1, -0.05) is 27.2 Å². The van der Waals surface area contributed by atoms with Gasteiger partial charge < -0.3 is 0 Å². The van der Waals surface area contributed by atoms with Crippen LogP contribution in [0, 0.1) is 11.3 Å². The number of sulfonamides is 1. The Kier molecular flexibility index (Phi) is 6.36. The van der Waals surface area contributed by atoms with Crippen molar-refractivity contribution < 1.29 is 47.7 Å². The first-order valence-corrected chi connectivity index (χ1v) is 10.8. The number of nitrogens with zero attached hydrogens (tertiary/aromatic N) is 1. The molecule has 1 heterocycles. The summed E-state index contributed by atoms with van der Waals surface area (Å²) >= 11 is 0. The molecule has 1 aliphatic heterocycles. The Balaban J connectivity index is 3.20. The van der Waals surface area contributed by atoms with Crippen molar-refractivity contribution in [3.63, 3.8) is 0 Å². The fourth-order valence-electron chi connectivity index (χ4n) is 2.82. The average Bonchev–Trinajstić information content (AvgIpc) is 2.53. The highest BCUT2D eigenvalue weighted by Gasteiger charge is 2.82. The van der Waals surface area contributed by atoms with Gasteiger partial charge in [-0.25, -0.2) is 8.42 Å². The first-order valence-electron chi connectivity index (χ1n) is 7.87. The van der Waals surface area contributed by atoms with Crippen LogP contribution < -0.4 is 0 Å². The lowest BCUT2D eigenvalue weighted by atomic mass is 9.72. The van der Waals surface area contributed by atoms with Gasteiger partial charge >= 0.3 is 26.5 Å². The lowest BCUT2D eigenvalue weighted by molar-refractivity contribution is -0.247. The number of alkyl halides is 6. The second kappa shape index (κ2) is 7.02. The van der Waals surface area contributed by atoms with E-state index in [1.165, 1.54) is 0 Å². The summed E-state index contributed by atoms with van der Waals surface area (Å²) in [5.74, 6) is -7.01. The largest absolute Gasteiger partial charge is 0.439 e. The molecule has 1 aliphatic rings. The Bertz CT molecular complexity index is 758. The molecular weight excluding hydrogens is 428 g/mol. The summed E-state index contributed by atoms with van der Waals surface area (Å²) in [5, 5.41) is -13.2. The van der Waals surface area contributed by atoms with E-state index in [1.54, 1.807) is 0 Å². The summed E-state index contributed by atoms with van der Waals surface area (Å²) in [5.41, 5.74) is -0.277. The maximum atomic E-state index is 14.0. The van der Waals surface area contributed by atoms with Gasteiger partial charge in [-0.15, -0.1) is 0 Å². The molecule has 1 saturated heterocycles. The Morgan fingerprint density at radius 3 is 1.67 bits per heavy atom. The van der Waals surface area contributed by atoms with Crippen LogP contribution in [0.4, 0.5) is 26.3 Å². The molecule has 1 rings (SSSR count). The van der Waals surface area contributed by atoms with Crippen molar-refractivity contribution in [1.29, 1.82) is 0 Å². The van der Waals surface area contributed by atoms with Gasteiger partial charge in [-0.3, -0.25) is 4.55 Å². The van der Waals surface area contributed by atoms with Crippen molar-refractivity contribution in [3.05, 3.63) is 0 Å². The zero-order valence-corrected chi connectivity index (χ0v) is 16.4. The molecular formula is C13H21F6NO5S2. The highest BCUT2D eigenvalue weighted by molar-refractivity contribution is 7.90. The highest BCUT2D eigenvalue weighted by Crippen LogP contribution is 2.51. The minimum atomic E-state index is -7.01. The third-order valence-corrected chi connectivity index (χ3v) is 8.04. The van der Waals surface area contributed by atoms with Crippen LogP contribution in [0.25, 0.3) is 0 Å². The van der Waals surface area contributed by atoms with E-state index in [0.717, 1.165) is 0 Å². The molecule has 162 valence electrons. The summed E-state index contributed by atoms with van der Waals surface area (Å²) in [6.45, 7) is 4.35. The van der Waals surface area contributed by atoms with Gasteiger partial charge in [0.05, 0.1) is 0 Å². The molecule has 0 radical (unpaired) electrons. The molecule has 14 heteroatoms. The van der Waals surface area contributed by atoms with E-state index in [0.29, 0.717) is 6.42 Å². The van der Waals surface area contributed by atoms with Crippen LogP contribution in [0.5, 0.6) is 0 Å². The van der Waals surface area contributed by atoms with Crippen molar-refractivity contribution in [2.24, 2.45) is 11.3 Å². The Labute approximate surface area is 153 Å². The fourth-order valence-corrected chi connectivity index (χ4v) is 4.81. The molecule has 0 unspecified atom stereocenters. The quantitative estimate of drug-likeness (QED) is 0.476. The predicted molar refractivity (Wildman–Crippen MR) is 83.7 cm³/mol. The fraction of sp³-hybridized carbons (Fsp3) is 1.00. The van der Waals surface area contributed by atoms with Crippen LogP contribution in [-0.4, -0.2) is 55.2 Å². The number of piperidine rings is 1. The third-order valence-electron chi connectivity index (χ3n) is 5.19. The smallest absolute Gasteiger partial charge is 0.281 e. The van der Waals surface area contributed by atoms with E-state index in [-0.39, 0.29) is 28.5 Å². The molecule has 0 aromatic heterocycles. The Morgan fingerprint density at radius 1 is 0.926 bits per heavy atom. The molecule has 0 amide bonds. The normalized spacial score (nSPS) is 20.1. The van der Waals surface area contributed by atoms with Crippen LogP contribution in [-0.2, 0) is 20.1 Å². The zero-order chi connectivity index (χ0) is 21.7. The second-order valence-corrected chi connectivity index (χ2v) is 10.5. The van der Waals surface area contributed by atoms with Crippen LogP contribution >= 0.6 is 0 Å². The topological polar surface area (TPSA) is 91.8 Å². The molecule has 0 aliphatic carbocycles. The molecule has 0 aromatic carbocycles. The van der Waals surface area contributed by atoms with Crippen molar-refractivity contribution in [2.45, 2.75) is 56.5 Å². The molecule has 27 heavy (non-hydrogen) atoms. The second-order valence-electron chi connectivity index (χ2n) is 7.10. The Hall–Kier alpha value is -0.600. The number of rotatable bonds is 7. The first-order chi connectivity index (χ1) is 11.8. The molecule has 0 aromatic rings. The van der Waals surface area contributed by atoms with Crippen molar-refractivity contribution in [3.8, 4) is 0 Å². The summed E-state index contributed by atoms with van der Waals surface area (Å²) in [4.78, 5) is 0. The molecule has 1 fully saturated rings. The molecule has 0 atom stereocenters. The van der Waals surface area contributed by atoms with Gasteiger partial charge in [0.2, 0.25) is 0 Å². The van der Waals surface area contributed by atoms with E-state index in [9.17, 15) is 43.2 Å². The van der Waals surface area contributed by atoms with Gasteiger partial charge in [-0.05, 0) is 24.2 Å². The van der Waals surface area contributed by atoms with Crippen LogP contribution in [0.2, 0.25) is 0 Å². The van der Waals surface area contributed by atoms with Crippen molar-refractivity contribution >= 4 is 20.1 Å². The number of hydrogen-bond acceptors (Lipinski definition) is 4. The maximum Gasteiger partial charge on any atom is 0.439 e. The van der Waals surface area contributed by atoms with Crippen LogP contribution in [0.3, 0.4) is 0 Å². The summed E-state index contributed by atoms with van der Waals surface area (Å²) in [6.07, 6.45) is 0.756. The van der Waals surface area contributed by atoms with E-state index >= 15 is 0 Å². The minimum absolute atomic E-state index is 0.0381. The SMILES string of the molecule is CCC(C)(C)C1CCN(S(=O)(=O)C(F)(F)C(F)(F)C(F)(F)S(=O)(=O)O)CC1. The van der Waals surface area contributed by atoms with Crippen LogP contribution in [0.1, 0.15) is 40.0 Å². The lowest BCUT2D eigenvalue weighted by Crippen LogP contribution is -2.63. The molecule has 0 saturated carbocycles. The average molecular weight is 449 g/mol. The molecule has 6 nitrogen and oxygen atoms in total. The standard InChI is InChI=1S/C13H21F6NO5S2/c1-4-10(2,3)9-5-7-20(8-6-9)26(21,22)12(16,17)11(14,15)13(18,19)27(23,24)25/h9H,4-8H2,1-3H3,(H,23,24,25). The highest BCUT2D eigenvalue weighted by atomic mass is 32.2. The summed E-state index contributed by atoms with van der Waals surface area (Å²) < 4.78 is 134. The minimum Gasteiger partial charge on any atom is -0.281 e. The molecule has 0 spiro atoms. The Morgan fingerprint density at radius 2 is 1.33 bits per heavy atom. The molecule has 1 N–H and O–H groups in total. The van der Waals surface area contributed by atoms with E-state index in [4.69, 9.17) is 4.55 Å². The van der Waals surface area contributed by atoms with E-state index in [1.807, 2.05) is 20.8 Å². The van der Waals surface area contributed by atoms with Gasteiger partial charge in [-0.2, -0.15) is 39.1 Å². The number of hydrogen-bond donors (Lipinski definition) is 1. The van der Waals surface area contributed by atoms with E-state index < -0.39 is 49.7 Å². The monoisotopic (exact) mass is 449 g/mol. The van der Waals surface area contributed by atoms with Gasteiger partial charge in [0.15, 0.2) is 0 Å². The molecule has 0 bridgehead atoms. The zero-order valence-electron chi connectivity index (χ0n) is 14.7. The van der Waals surface area contributed by atoms with Crippen molar-refractivity contribution in [2.75, 3.05) is 13.1 Å². The van der Waals surface area contributed by atoms with Gasteiger partial charge in [0, 0.05) is 13.1 Å². The van der Waals surface area contributed by atoms with E-state index in [2.05, 4.69) is 0 Å². The van der Waals surface area contributed by atoms with Crippen LogP contribution in [0.15, 0.2) is 0 Å².